The largest absolute Gasteiger partial charge is 0.480 e. The molecule has 1 saturated heterocycles. The first kappa shape index (κ1) is 21.3. The number of esters is 1. The molecule has 0 spiro atoms. The Hall–Kier alpha value is -2.44. The molecule has 1 N–H and O–H groups in total. The van der Waals surface area contributed by atoms with Crippen LogP contribution < -0.4 is 0 Å². The first-order valence-electron chi connectivity index (χ1n) is 10.1. The van der Waals surface area contributed by atoms with E-state index in [2.05, 4.69) is 0 Å². The third-order valence-electron chi connectivity index (χ3n) is 5.55. The van der Waals surface area contributed by atoms with Crippen LogP contribution in [0, 0.1) is 5.41 Å². The Morgan fingerprint density at radius 3 is 2.55 bits per heavy atom. The summed E-state index contributed by atoms with van der Waals surface area (Å²) in [5.74, 6) is -1.89. The van der Waals surface area contributed by atoms with Crippen LogP contribution in [0.15, 0.2) is 42.5 Å². The number of carboxylic acids is 1. The lowest BCUT2D eigenvalue weighted by Gasteiger charge is -2.30. The smallest absolute Gasteiger partial charge is 0.324 e. The third kappa shape index (κ3) is 4.77. The van der Waals surface area contributed by atoms with Crippen LogP contribution in [0.4, 0.5) is 0 Å². The molecule has 2 unspecified atom stereocenters. The van der Waals surface area contributed by atoms with Crippen LogP contribution in [0.5, 0.6) is 0 Å². The first-order valence-corrected chi connectivity index (χ1v) is 10.1. The lowest BCUT2D eigenvalue weighted by atomic mass is 9.76. The highest BCUT2D eigenvalue weighted by Crippen LogP contribution is 2.35. The van der Waals surface area contributed by atoms with Gasteiger partial charge in [-0.15, -0.1) is 0 Å². The maximum absolute atomic E-state index is 13.1. The molecule has 0 aromatic heterocycles. The van der Waals surface area contributed by atoms with Gasteiger partial charge in [0.15, 0.2) is 11.7 Å². The normalized spacial score (nSPS) is 17.7. The third-order valence-corrected chi connectivity index (χ3v) is 5.55. The van der Waals surface area contributed by atoms with Crippen molar-refractivity contribution >= 4 is 22.7 Å². The monoisotopic (exact) mass is 400 g/mol. The number of carbonyl (C=O) groups is 2. The van der Waals surface area contributed by atoms with E-state index in [1.807, 2.05) is 49.4 Å². The number of rotatable bonds is 9. The fraction of sp³-hybridized carbons (Fsp3) is 0.478. The average molecular weight is 400 g/mol. The quantitative estimate of drug-likeness (QED) is 0.507. The zero-order chi connectivity index (χ0) is 20.9. The molecule has 29 heavy (non-hydrogen) atoms. The van der Waals surface area contributed by atoms with Crippen LogP contribution in [-0.4, -0.2) is 42.7 Å². The summed E-state index contributed by atoms with van der Waals surface area (Å²) >= 11 is 0. The number of hydrogen-bond donors (Lipinski definition) is 1. The van der Waals surface area contributed by atoms with Crippen LogP contribution in [0.2, 0.25) is 0 Å². The van der Waals surface area contributed by atoms with Gasteiger partial charge in [0.05, 0.1) is 19.3 Å². The van der Waals surface area contributed by atoms with E-state index in [1.54, 1.807) is 6.92 Å². The van der Waals surface area contributed by atoms with E-state index in [0.29, 0.717) is 26.1 Å². The van der Waals surface area contributed by atoms with Gasteiger partial charge in [-0.05, 0) is 42.5 Å². The fourth-order valence-electron chi connectivity index (χ4n) is 3.62. The highest BCUT2D eigenvalue weighted by molar-refractivity contribution is 6.00. The number of carboxylic acid groups (broad SMARTS) is 1. The Kier molecular flexibility index (Phi) is 6.87. The second-order valence-corrected chi connectivity index (χ2v) is 7.54. The molecule has 6 heteroatoms. The number of fused-ring (bicyclic) bond motifs is 1. The summed E-state index contributed by atoms with van der Waals surface area (Å²) in [6, 6.07) is 13.5. The summed E-state index contributed by atoms with van der Waals surface area (Å²) in [6.45, 7) is 4.62. The Morgan fingerprint density at radius 2 is 1.86 bits per heavy atom. The number of hydrogen-bond acceptors (Lipinski definition) is 5. The van der Waals surface area contributed by atoms with E-state index in [-0.39, 0.29) is 18.9 Å². The van der Waals surface area contributed by atoms with E-state index in [0.717, 1.165) is 16.3 Å². The molecule has 2 aromatic carbocycles. The average Bonchev–Trinajstić information content (AvgIpc) is 3.24. The number of ether oxygens (including phenoxy) is 3. The Labute approximate surface area is 170 Å². The lowest BCUT2D eigenvalue weighted by molar-refractivity contribution is -0.174. The molecule has 1 fully saturated rings. The van der Waals surface area contributed by atoms with Crippen molar-refractivity contribution in [3.63, 3.8) is 0 Å². The Bertz CT molecular complexity index is 852. The van der Waals surface area contributed by atoms with Crippen LogP contribution in [0.3, 0.4) is 0 Å². The number of benzene rings is 2. The summed E-state index contributed by atoms with van der Waals surface area (Å²) in [5.41, 5.74) is -0.900. The van der Waals surface area contributed by atoms with E-state index in [1.165, 1.54) is 0 Å². The van der Waals surface area contributed by atoms with Crippen molar-refractivity contribution in [2.75, 3.05) is 13.2 Å². The minimum atomic E-state index is -1.71. The molecule has 2 aromatic rings. The van der Waals surface area contributed by atoms with Gasteiger partial charge < -0.3 is 19.3 Å². The number of carbonyl (C=O) groups excluding carboxylic acids is 1. The zero-order valence-corrected chi connectivity index (χ0v) is 16.9. The minimum absolute atomic E-state index is 0.0473. The highest BCUT2D eigenvalue weighted by atomic mass is 16.7. The number of aliphatic carboxylic acids is 1. The minimum Gasteiger partial charge on any atom is -0.480 e. The lowest BCUT2D eigenvalue weighted by Crippen LogP contribution is -2.44. The highest BCUT2D eigenvalue weighted by Gasteiger charge is 2.48. The van der Waals surface area contributed by atoms with Crippen molar-refractivity contribution in [3.05, 3.63) is 48.0 Å². The summed E-state index contributed by atoms with van der Waals surface area (Å²) in [5, 5.41) is 12.1. The molecule has 3 rings (SSSR count). The van der Waals surface area contributed by atoms with Crippen LogP contribution in [-0.2, 0) is 30.2 Å². The molecule has 0 bridgehead atoms. The van der Waals surface area contributed by atoms with Gasteiger partial charge >= 0.3 is 11.9 Å². The standard InChI is InChI=1S/C23H28O6/c1-3-16(2)29-22(26)23(21(24)25,12-11-20-27-13-14-28-20)15-18-9-6-8-17-7-4-5-10-19(17)18/h4-10,16,20H,3,11-15H2,1-2H3,(H,24,25). The van der Waals surface area contributed by atoms with Crippen molar-refractivity contribution in [2.24, 2.45) is 5.41 Å². The summed E-state index contributed by atoms with van der Waals surface area (Å²) in [4.78, 5) is 25.6. The zero-order valence-electron chi connectivity index (χ0n) is 16.9. The maximum Gasteiger partial charge on any atom is 0.324 e. The van der Waals surface area contributed by atoms with Gasteiger partial charge in [-0.1, -0.05) is 49.4 Å². The van der Waals surface area contributed by atoms with Gasteiger partial charge in [0.1, 0.15) is 0 Å². The molecule has 1 aliphatic heterocycles. The molecule has 1 aliphatic rings. The summed E-state index contributed by atoms with van der Waals surface area (Å²) in [6.07, 6.45) is 0.208. The van der Waals surface area contributed by atoms with Crippen molar-refractivity contribution < 1.29 is 28.9 Å². The topological polar surface area (TPSA) is 82.1 Å². The van der Waals surface area contributed by atoms with E-state index in [9.17, 15) is 14.7 Å². The van der Waals surface area contributed by atoms with Gasteiger partial charge in [0.2, 0.25) is 0 Å². The molecular formula is C23H28O6. The second kappa shape index (κ2) is 9.37. The second-order valence-electron chi connectivity index (χ2n) is 7.54. The maximum atomic E-state index is 13.1. The molecule has 0 aliphatic carbocycles. The molecule has 0 radical (unpaired) electrons. The predicted octanol–water partition coefficient (Wildman–Crippen LogP) is 3.95. The van der Waals surface area contributed by atoms with Crippen molar-refractivity contribution in [1.82, 2.24) is 0 Å². The summed E-state index contributed by atoms with van der Waals surface area (Å²) in [7, 11) is 0. The van der Waals surface area contributed by atoms with Gasteiger partial charge in [-0.2, -0.15) is 0 Å². The van der Waals surface area contributed by atoms with Gasteiger partial charge in [-0.25, -0.2) is 0 Å². The molecule has 156 valence electrons. The van der Waals surface area contributed by atoms with Gasteiger partial charge in [0, 0.05) is 6.42 Å². The Morgan fingerprint density at radius 1 is 1.17 bits per heavy atom. The predicted molar refractivity (Wildman–Crippen MR) is 108 cm³/mol. The van der Waals surface area contributed by atoms with E-state index >= 15 is 0 Å². The Balaban J connectivity index is 1.96. The summed E-state index contributed by atoms with van der Waals surface area (Å²) < 4.78 is 16.5. The van der Waals surface area contributed by atoms with Gasteiger partial charge in [-0.3, -0.25) is 9.59 Å². The molecule has 0 amide bonds. The van der Waals surface area contributed by atoms with Crippen LogP contribution >= 0.6 is 0 Å². The molecule has 2 atom stereocenters. The molecule has 1 heterocycles. The van der Waals surface area contributed by atoms with Gasteiger partial charge in [0.25, 0.3) is 0 Å². The fourth-order valence-corrected chi connectivity index (χ4v) is 3.62. The van der Waals surface area contributed by atoms with Crippen LogP contribution in [0.1, 0.15) is 38.7 Å². The van der Waals surface area contributed by atoms with Crippen molar-refractivity contribution in [2.45, 2.75) is 51.9 Å². The first-order chi connectivity index (χ1) is 14.0. The van der Waals surface area contributed by atoms with Crippen molar-refractivity contribution in [1.29, 1.82) is 0 Å². The molecular weight excluding hydrogens is 372 g/mol. The van der Waals surface area contributed by atoms with E-state index < -0.39 is 23.6 Å². The molecule has 0 saturated carbocycles. The van der Waals surface area contributed by atoms with E-state index in [4.69, 9.17) is 14.2 Å². The molecule has 6 nitrogen and oxygen atoms in total. The SMILES string of the molecule is CCC(C)OC(=O)C(CCC1OCCO1)(Cc1cccc2ccccc12)C(=O)O. The van der Waals surface area contributed by atoms with Crippen LogP contribution in [0.25, 0.3) is 10.8 Å². The van der Waals surface area contributed by atoms with Crippen molar-refractivity contribution in [3.8, 4) is 0 Å².